The summed E-state index contributed by atoms with van der Waals surface area (Å²) in [6.45, 7) is 5.99. The highest BCUT2D eigenvalue weighted by Crippen LogP contribution is 1.98. The van der Waals surface area contributed by atoms with Crippen LogP contribution >= 0.6 is 0 Å². The second kappa shape index (κ2) is 4.16. The first-order chi connectivity index (χ1) is 5.72. The van der Waals surface area contributed by atoms with Crippen LogP contribution in [-0.4, -0.2) is 28.5 Å². The average molecular weight is 165 g/mol. The largest absolute Gasteiger partial charge is 0.301 e. The van der Waals surface area contributed by atoms with E-state index in [0.29, 0.717) is 0 Å². The van der Waals surface area contributed by atoms with E-state index in [4.69, 9.17) is 0 Å². The van der Waals surface area contributed by atoms with Gasteiger partial charge in [0.15, 0.2) is 0 Å². The molecule has 1 rings (SSSR count). The molecule has 1 aromatic rings. The van der Waals surface area contributed by atoms with Gasteiger partial charge in [-0.25, -0.2) is 9.97 Å². The standard InChI is InChI=1S/C9H15N3/c1-4-12(3)7-9-5-6-10-8(2)11-9/h5-6H,4,7H2,1-3H3. The molecule has 0 aromatic carbocycles. The zero-order valence-electron chi connectivity index (χ0n) is 7.91. The van der Waals surface area contributed by atoms with E-state index in [1.807, 2.05) is 13.0 Å². The maximum Gasteiger partial charge on any atom is 0.125 e. The Morgan fingerprint density at radius 2 is 2.25 bits per heavy atom. The van der Waals surface area contributed by atoms with Crippen LogP contribution in [0, 0.1) is 6.92 Å². The lowest BCUT2D eigenvalue weighted by Gasteiger charge is -2.12. The maximum absolute atomic E-state index is 4.31. The van der Waals surface area contributed by atoms with Gasteiger partial charge in [-0.15, -0.1) is 0 Å². The van der Waals surface area contributed by atoms with Gasteiger partial charge in [0.05, 0.1) is 5.69 Å². The van der Waals surface area contributed by atoms with Crippen molar-refractivity contribution in [2.45, 2.75) is 20.4 Å². The minimum atomic E-state index is 0.844. The zero-order chi connectivity index (χ0) is 8.97. The number of hydrogen-bond acceptors (Lipinski definition) is 3. The SMILES string of the molecule is CCN(C)Cc1ccnc(C)n1. The molecule has 0 saturated carbocycles. The summed E-state index contributed by atoms with van der Waals surface area (Å²) in [7, 11) is 2.08. The van der Waals surface area contributed by atoms with E-state index in [9.17, 15) is 0 Å². The van der Waals surface area contributed by atoms with Gasteiger partial charge in [0.25, 0.3) is 0 Å². The smallest absolute Gasteiger partial charge is 0.125 e. The lowest BCUT2D eigenvalue weighted by Crippen LogP contribution is -2.17. The minimum Gasteiger partial charge on any atom is -0.301 e. The lowest BCUT2D eigenvalue weighted by molar-refractivity contribution is 0.341. The van der Waals surface area contributed by atoms with Crippen LogP contribution in [0.5, 0.6) is 0 Å². The maximum atomic E-state index is 4.31. The van der Waals surface area contributed by atoms with Gasteiger partial charge in [-0.2, -0.15) is 0 Å². The van der Waals surface area contributed by atoms with Crippen LogP contribution in [0.4, 0.5) is 0 Å². The van der Waals surface area contributed by atoms with Crippen LogP contribution in [0.1, 0.15) is 18.4 Å². The summed E-state index contributed by atoms with van der Waals surface area (Å²) in [5, 5.41) is 0. The summed E-state index contributed by atoms with van der Waals surface area (Å²) in [6, 6.07) is 1.96. The number of rotatable bonds is 3. The summed E-state index contributed by atoms with van der Waals surface area (Å²) in [6.07, 6.45) is 1.81. The first-order valence-electron chi connectivity index (χ1n) is 4.19. The van der Waals surface area contributed by atoms with E-state index in [1.165, 1.54) is 0 Å². The summed E-state index contributed by atoms with van der Waals surface area (Å²) in [5.74, 6) is 0.844. The molecule has 12 heavy (non-hydrogen) atoms. The molecule has 1 heterocycles. The fourth-order valence-electron chi connectivity index (χ4n) is 0.982. The third kappa shape index (κ3) is 2.58. The molecule has 0 unspecified atom stereocenters. The molecule has 3 heteroatoms. The van der Waals surface area contributed by atoms with Crippen molar-refractivity contribution in [3.8, 4) is 0 Å². The molecule has 1 aromatic heterocycles. The number of nitrogens with zero attached hydrogens (tertiary/aromatic N) is 3. The van der Waals surface area contributed by atoms with Gasteiger partial charge in [-0.1, -0.05) is 6.92 Å². The van der Waals surface area contributed by atoms with Crippen molar-refractivity contribution < 1.29 is 0 Å². The predicted octanol–water partition coefficient (Wildman–Crippen LogP) is 1.24. The Hall–Kier alpha value is -0.960. The average Bonchev–Trinajstić information content (AvgIpc) is 2.04. The van der Waals surface area contributed by atoms with Crippen molar-refractivity contribution in [1.82, 2.24) is 14.9 Å². The van der Waals surface area contributed by atoms with E-state index in [-0.39, 0.29) is 0 Å². The summed E-state index contributed by atoms with van der Waals surface area (Å²) < 4.78 is 0. The molecule has 0 radical (unpaired) electrons. The Labute approximate surface area is 73.5 Å². The van der Waals surface area contributed by atoms with Crippen LogP contribution in [0.25, 0.3) is 0 Å². The number of aryl methyl sites for hydroxylation is 1. The van der Waals surface area contributed by atoms with E-state index in [2.05, 4.69) is 28.8 Å². The molecule has 0 fully saturated rings. The highest BCUT2D eigenvalue weighted by Gasteiger charge is 1.98. The molecule has 0 aliphatic heterocycles. The van der Waals surface area contributed by atoms with Crippen LogP contribution in [0.3, 0.4) is 0 Å². The van der Waals surface area contributed by atoms with Crippen molar-refractivity contribution in [3.05, 3.63) is 23.8 Å². The molecule has 0 saturated heterocycles. The molecule has 66 valence electrons. The van der Waals surface area contributed by atoms with Gasteiger partial charge in [-0.3, -0.25) is 0 Å². The number of aromatic nitrogens is 2. The van der Waals surface area contributed by atoms with Crippen LogP contribution in [0.2, 0.25) is 0 Å². The second-order valence-electron chi connectivity index (χ2n) is 2.93. The molecule has 3 nitrogen and oxygen atoms in total. The molecule has 0 aliphatic carbocycles. The van der Waals surface area contributed by atoms with E-state index >= 15 is 0 Å². The Morgan fingerprint density at radius 3 is 2.83 bits per heavy atom. The Bertz CT molecular complexity index is 247. The Balaban J connectivity index is 2.63. The topological polar surface area (TPSA) is 29.0 Å². The summed E-state index contributed by atoms with van der Waals surface area (Å²) in [4.78, 5) is 10.6. The van der Waals surface area contributed by atoms with E-state index in [1.54, 1.807) is 6.20 Å². The second-order valence-corrected chi connectivity index (χ2v) is 2.93. The Morgan fingerprint density at radius 1 is 1.50 bits per heavy atom. The quantitative estimate of drug-likeness (QED) is 0.674. The van der Waals surface area contributed by atoms with Crippen molar-refractivity contribution in [1.29, 1.82) is 0 Å². The van der Waals surface area contributed by atoms with E-state index < -0.39 is 0 Å². The van der Waals surface area contributed by atoms with Crippen LogP contribution in [0.15, 0.2) is 12.3 Å². The molecular formula is C9H15N3. The molecule has 0 amide bonds. The van der Waals surface area contributed by atoms with Gasteiger partial charge in [0, 0.05) is 12.7 Å². The van der Waals surface area contributed by atoms with Gasteiger partial charge in [-0.05, 0) is 26.6 Å². The summed E-state index contributed by atoms with van der Waals surface area (Å²) in [5.41, 5.74) is 1.09. The van der Waals surface area contributed by atoms with Gasteiger partial charge in [0.1, 0.15) is 5.82 Å². The van der Waals surface area contributed by atoms with Crippen molar-refractivity contribution in [3.63, 3.8) is 0 Å². The van der Waals surface area contributed by atoms with Crippen molar-refractivity contribution in [2.24, 2.45) is 0 Å². The van der Waals surface area contributed by atoms with Gasteiger partial charge >= 0.3 is 0 Å². The highest BCUT2D eigenvalue weighted by molar-refractivity contribution is 5.00. The number of hydrogen-bond donors (Lipinski definition) is 0. The fraction of sp³-hybridized carbons (Fsp3) is 0.556. The molecular weight excluding hydrogens is 150 g/mol. The monoisotopic (exact) mass is 165 g/mol. The van der Waals surface area contributed by atoms with E-state index in [0.717, 1.165) is 24.6 Å². The third-order valence-corrected chi connectivity index (χ3v) is 1.81. The van der Waals surface area contributed by atoms with Crippen LogP contribution < -0.4 is 0 Å². The molecule has 0 N–H and O–H groups in total. The molecule has 0 spiro atoms. The van der Waals surface area contributed by atoms with Gasteiger partial charge in [0.2, 0.25) is 0 Å². The predicted molar refractivity (Wildman–Crippen MR) is 48.8 cm³/mol. The molecule has 0 aliphatic rings. The Kier molecular flexibility index (Phi) is 3.17. The first kappa shape index (κ1) is 9.13. The fourth-order valence-corrected chi connectivity index (χ4v) is 0.982. The van der Waals surface area contributed by atoms with Crippen LogP contribution in [-0.2, 0) is 6.54 Å². The third-order valence-electron chi connectivity index (χ3n) is 1.81. The van der Waals surface area contributed by atoms with Crippen molar-refractivity contribution in [2.75, 3.05) is 13.6 Å². The molecule has 0 atom stereocenters. The van der Waals surface area contributed by atoms with Crippen molar-refractivity contribution >= 4 is 0 Å². The van der Waals surface area contributed by atoms with Gasteiger partial charge < -0.3 is 4.90 Å². The summed E-state index contributed by atoms with van der Waals surface area (Å²) >= 11 is 0. The first-order valence-corrected chi connectivity index (χ1v) is 4.19. The highest BCUT2D eigenvalue weighted by atomic mass is 15.1. The lowest BCUT2D eigenvalue weighted by atomic mass is 10.3. The molecule has 0 bridgehead atoms. The normalized spacial score (nSPS) is 10.7. The minimum absolute atomic E-state index is 0.844. The zero-order valence-corrected chi connectivity index (χ0v) is 7.91.